The number of aliphatic carboxylic acids is 3. The van der Waals surface area contributed by atoms with Crippen LogP contribution in [0.5, 0.6) is 0 Å². The first kappa shape index (κ1) is 34.8. The van der Waals surface area contributed by atoms with Crippen molar-refractivity contribution in [3.05, 3.63) is 59.7 Å². The van der Waals surface area contributed by atoms with E-state index in [0.717, 1.165) is 34.0 Å². The number of Topliss-reactive ketones (excluding diaryl/α,β-unsaturated/α-hetero) is 1. The summed E-state index contributed by atoms with van der Waals surface area (Å²) in [4.78, 5) is 84.4. The van der Waals surface area contributed by atoms with Crippen LogP contribution in [0.25, 0.3) is 11.1 Å². The molecule has 3 rings (SSSR count). The average molecular weight is 643 g/mol. The molecule has 14 heteroatoms. The topological polar surface area (TPSA) is 213 Å². The van der Waals surface area contributed by atoms with Crippen molar-refractivity contribution in [3.8, 4) is 11.1 Å². The Morgan fingerprint density at radius 3 is 1.91 bits per heavy atom. The standard InChI is InChI=1S/C31H34N2O11S/c1-17(34)45-12-6-11-24(26(35)13-18(14-27(36)37)29(40)32-25(30(41)42)15-28(38)39)33-31(43)44-16-23-21-9-4-2-7-19(21)20-8-3-5-10-22(20)23/h2-5,7-10,18,23-25H,6,11-16H2,1H3,(H,32,40)(H,33,43)(H,36,37)(H,38,39)(H,41,42). The van der Waals surface area contributed by atoms with Gasteiger partial charge in [-0.15, -0.1) is 0 Å². The number of carbonyl (C=O) groups is 7. The van der Waals surface area contributed by atoms with Crippen LogP contribution in [0.3, 0.4) is 0 Å². The number of fused-ring (bicyclic) bond motifs is 3. The SMILES string of the molecule is CC(=O)SCCCC(NC(=O)OCC1c2ccccc2-c2ccccc21)C(=O)CC(CC(=O)O)C(=O)NC(CC(=O)O)C(=O)O. The molecule has 240 valence electrons. The molecule has 5 N–H and O–H groups in total. The Morgan fingerprint density at radius 2 is 1.38 bits per heavy atom. The van der Waals surface area contributed by atoms with Gasteiger partial charge in [0.2, 0.25) is 5.91 Å². The van der Waals surface area contributed by atoms with E-state index in [0.29, 0.717) is 12.2 Å². The zero-order valence-electron chi connectivity index (χ0n) is 24.4. The summed E-state index contributed by atoms with van der Waals surface area (Å²) in [5, 5.41) is 31.9. The lowest BCUT2D eigenvalue weighted by atomic mass is 9.92. The van der Waals surface area contributed by atoms with E-state index in [4.69, 9.17) is 9.84 Å². The van der Waals surface area contributed by atoms with Crippen LogP contribution in [0.2, 0.25) is 0 Å². The second kappa shape index (κ2) is 16.4. The van der Waals surface area contributed by atoms with Crippen LogP contribution in [0.4, 0.5) is 4.79 Å². The largest absolute Gasteiger partial charge is 0.481 e. The Kier molecular flexibility index (Phi) is 12.7. The number of thioether (sulfide) groups is 1. The van der Waals surface area contributed by atoms with E-state index in [1.807, 2.05) is 53.8 Å². The van der Waals surface area contributed by atoms with E-state index in [1.54, 1.807) is 0 Å². The molecule has 1 aliphatic carbocycles. The molecule has 0 heterocycles. The zero-order valence-corrected chi connectivity index (χ0v) is 25.2. The van der Waals surface area contributed by atoms with Gasteiger partial charge in [-0.25, -0.2) is 9.59 Å². The van der Waals surface area contributed by atoms with Gasteiger partial charge in [0.1, 0.15) is 12.6 Å². The quantitative estimate of drug-likeness (QED) is 0.158. The van der Waals surface area contributed by atoms with Crippen molar-refractivity contribution in [2.24, 2.45) is 5.92 Å². The molecule has 0 spiro atoms. The van der Waals surface area contributed by atoms with E-state index in [1.165, 1.54) is 6.92 Å². The van der Waals surface area contributed by atoms with Gasteiger partial charge in [0.05, 0.1) is 24.8 Å². The first-order valence-electron chi connectivity index (χ1n) is 14.1. The summed E-state index contributed by atoms with van der Waals surface area (Å²) in [5.41, 5.74) is 4.00. The number of hydrogen-bond donors (Lipinski definition) is 5. The van der Waals surface area contributed by atoms with Gasteiger partial charge >= 0.3 is 24.0 Å². The van der Waals surface area contributed by atoms with Gasteiger partial charge in [-0.2, -0.15) is 0 Å². The molecule has 2 amide bonds. The second-order valence-corrected chi connectivity index (χ2v) is 11.7. The number of nitrogens with one attached hydrogen (secondary N) is 2. The third-order valence-electron chi connectivity index (χ3n) is 7.20. The third kappa shape index (κ3) is 10.2. The fourth-order valence-corrected chi connectivity index (χ4v) is 5.72. The molecule has 0 aliphatic heterocycles. The van der Waals surface area contributed by atoms with E-state index >= 15 is 0 Å². The lowest BCUT2D eigenvalue weighted by Gasteiger charge is -2.22. The molecular formula is C31H34N2O11S. The first-order valence-corrected chi connectivity index (χ1v) is 15.1. The molecule has 0 radical (unpaired) electrons. The number of amides is 2. The molecule has 3 unspecified atom stereocenters. The van der Waals surface area contributed by atoms with E-state index in [9.17, 15) is 43.8 Å². The first-order chi connectivity index (χ1) is 21.4. The van der Waals surface area contributed by atoms with Crippen LogP contribution in [0, 0.1) is 5.92 Å². The minimum Gasteiger partial charge on any atom is -0.481 e. The molecule has 1 aliphatic rings. The number of benzene rings is 2. The second-order valence-electron chi connectivity index (χ2n) is 10.5. The number of carboxylic acids is 3. The summed E-state index contributed by atoms with van der Waals surface area (Å²) in [7, 11) is 0. The van der Waals surface area contributed by atoms with Crippen LogP contribution >= 0.6 is 11.8 Å². The van der Waals surface area contributed by atoms with Crippen LogP contribution in [-0.2, 0) is 33.5 Å². The van der Waals surface area contributed by atoms with Crippen molar-refractivity contribution >= 4 is 52.6 Å². The Labute approximate surface area is 262 Å². The lowest BCUT2D eigenvalue weighted by molar-refractivity contribution is -0.148. The number of carbonyl (C=O) groups excluding carboxylic acids is 4. The smallest absolute Gasteiger partial charge is 0.407 e. The number of hydrogen-bond acceptors (Lipinski definition) is 9. The van der Waals surface area contributed by atoms with Gasteiger partial charge < -0.3 is 30.7 Å². The average Bonchev–Trinajstić information content (AvgIpc) is 3.29. The predicted octanol–water partition coefficient (Wildman–Crippen LogP) is 3.05. The van der Waals surface area contributed by atoms with Crippen molar-refractivity contribution in [3.63, 3.8) is 0 Å². The summed E-state index contributed by atoms with van der Waals surface area (Å²) >= 11 is 1.02. The van der Waals surface area contributed by atoms with Crippen molar-refractivity contribution in [2.75, 3.05) is 12.4 Å². The zero-order chi connectivity index (χ0) is 33.1. The summed E-state index contributed by atoms with van der Waals surface area (Å²) in [6.45, 7) is 1.34. The van der Waals surface area contributed by atoms with Crippen molar-refractivity contribution < 1.29 is 53.6 Å². The predicted molar refractivity (Wildman–Crippen MR) is 162 cm³/mol. The maximum atomic E-state index is 13.4. The van der Waals surface area contributed by atoms with Gasteiger partial charge in [-0.05, 0) is 35.1 Å². The maximum Gasteiger partial charge on any atom is 0.407 e. The molecule has 13 nitrogen and oxygen atoms in total. The van der Waals surface area contributed by atoms with Gasteiger partial charge in [0.25, 0.3) is 0 Å². The third-order valence-corrected chi connectivity index (χ3v) is 8.10. The molecule has 2 aromatic carbocycles. The van der Waals surface area contributed by atoms with Crippen molar-refractivity contribution in [2.45, 2.75) is 57.0 Å². The van der Waals surface area contributed by atoms with Gasteiger partial charge in [-0.3, -0.25) is 24.0 Å². The summed E-state index contributed by atoms with van der Waals surface area (Å²) in [6, 6.07) is 12.4. The fourth-order valence-electron chi connectivity index (χ4n) is 5.12. The molecule has 0 aromatic heterocycles. The monoisotopic (exact) mass is 642 g/mol. The van der Waals surface area contributed by atoms with Crippen LogP contribution < -0.4 is 10.6 Å². The molecule has 45 heavy (non-hydrogen) atoms. The summed E-state index contributed by atoms with van der Waals surface area (Å²) < 4.78 is 5.54. The van der Waals surface area contributed by atoms with Gasteiger partial charge in [-0.1, -0.05) is 60.3 Å². The number of alkyl carbamates (subject to hydrolysis) is 1. The van der Waals surface area contributed by atoms with Crippen LogP contribution in [-0.4, -0.2) is 80.6 Å². The number of ketones is 1. The lowest BCUT2D eigenvalue weighted by Crippen LogP contribution is -2.47. The molecule has 0 fully saturated rings. The molecule has 3 atom stereocenters. The maximum absolute atomic E-state index is 13.4. The highest BCUT2D eigenvalue weighted by atomic mass is 32.2. The van der Waals surface area contributed by atoms with Crippen molar-refractivity contribution in [1.29, 1.82) is 0 Å². The van der Waals surface area contributed by atoms with E-state index in [-0.39, 0.29) is 24.1 Å². The van der Waals surface area contributed by atoms with Crippen LogP contribution in [0.1, 0.15) is 56.1 Å². The number of carboxylic acid groups (broad SMARTS) is 3. The van der Waals surface area contributed by atoms with Crippen molar-refractivity contribution in [1.82, 2.24) is 10.6 Å². The normalized spacial score (nSPS) is 13.8. The molecular weight excluding hydrogens is 608 g/mol. The number of rotatable bonds is 17. The molecule has 0 bridgehead atoms. The fraction of sp³-hybridized carbons (Fsp3) is 0.387. The van der Waals surface area contributed by atoms with Gasteiger partial charge in [0, 0.05) is 25.0 Å². The van der Waals surface area contributed by atoms with Crippen LogP contribution in [0.15, 0.2) is 48.5 Å². The van der Waals surface area contributed by atoms with Gasteiger partial charge in [0.15, 0.2) is 10.9 Å². The summed E-state index contributed by atoms with van der Waals surface area (Å²) in [6.07, 6.45) is -3.07. The number of ether oxygens (including phenoxy) is 1. The Balaban J connectivity index is 1.72. The highest BCUT2D eigenvalue weighted by Gasteiger charge is 2.33. The molecule has 0 saturated heterocycles. The highest BCUT2D eigenvalue weighted by molar-refractivity contribution is 8.13. The molecule has 2 aromatic rings. The Morgan fingerprint density at radius 1 is 0.800 bits per heavy atom. The highest BCUT2D eigenvalue weighted by Crippen LogP contribution is 2.44. The minimum absolute atomic E-state index is 0.0365. The van der Waals surface area contributed by atoms with E-state index in [2.05, 4.69) is 5.32 Å². The Bertz CT molecular complexity index is 1420. The summed E-state index contributed by atoms with van der Waals surface area (Å²) in [5.74, 6) is -7.93. The van der Waals surface area contributed by atoms with E-state index < -0.39 is 73.0 Å². The Hall–Kier alpha value is -4.72. The molecule has 0 saturated carbocycles. The minimum atomic E-state index is -1.85.